The number of likely N-dealkylation sites (tertiary alicyclic amines) is 1. The zero-order valence-electron chi connectivity index (χ0n) is 20.2. The molecule has 35 heavy (non-hydrogen) atoms. The van der Waals surface area contributed by atoms with Crippen molar-refractivity contribution in [1.29, 1.82) is 0 Å². The summed E-state index contributed by atoms with van der Waals surface area (Å²) in [6, 6.07) is 5.92. The summed E-state index contributed by atoms with van der Waals surface area (Å²) in [5, 5.41) is 24.1. The van der Waals surface area contributed by atoms with Crippen molar-refractivity contribution in [3.05, 3.63) is 24.3 Å². The van der Waals surface area contributed by atoms with Gasteiger partial charge in [-0.15, -0.1) is 5.10 Å². The number of hydrogen-bond donors (Lipinski definition) is 3. The maximum Gasteiger partial charge on any atom is 0.247 e. The first-order valence-electron chi connectivity index (χ1n) is 12.2. The van der Waals surface area contributed by atoms with E-state index in [1.807, 2.05) is 38.1 Å². The molecule has 3 aliphatic rings. The minimum Gasteiger partial charge on any atom is -0.394 e. The van der Waals surface area contributed by atoms with Crippen LogP contribution in [0.15, 0.2) is 24.3 Å². The second-order valence-electron chi connectivity index (χ2n) is 10.2. The van der Waals surface area contributed by atoms with Gasteiger partial charge in [0.05, 0.1) is 36.1 Å². The fourth-order valence-corrected chi connectivity index (χ4v) is 6.35. The fourth-order valence-electron chi connectivity index (χ4n) is 6.35. The van der Waals surface area contributed by atoms with Crippen LogP contribution in [0, 0.1) is 17.8 Å². The molecule has 1 aromatic heterocycles. The third kappa shape index (κ3) is 3.59. The Kier molecular flexibility index (Phi) is 6.00. The van der Waals surface area contributed by atoms with Gasteiger partial charge in [0.25, 0.3) is 0 Å². The molecule has 3 aliphatic heterocycles. The molecule has 5 rings (SSSR count). The molecule has 2 unspecified atom stereocenters. The number of para-hydroxylation sites is 1. The summed E-state index contributed by atoms with van der Waals surface area (Å²) in [7, 11) is 1.54. The number of nitrogens with zero attached hydrogens (tertiary/aromatic N) is 4. The molecule has 4 heterocycles. The molecule has 3 saturated heterocycles. The Morgan fingerprint density at radius 1 is 1.29 bits per heavy atom. The van der Waals surface area contributed by atoms with Crippen molar-refractivity contribution in [2.24, 2.45) is 17.8 Å². The fraction of sp³-hybridized carbons (Fsp3) is 0.625. The molecule has 0 aliphatic carbocycles. The van der Waals surface area contributed by atoms with Crippen molar-refractivity contribution in [2.75, 3.05) is 13.7 Å². The molecule has 1 aromatic carbocycles. The first kappa shape index (κ1) is 23.7. The van der Waals surface area contributed by atoms with Gasteiger partial charge >= 0.3 is 0 Å². The van der Waals surface area contributed by atoms with Crippen LogP contribution in [0.1, 0.15) is 33.1 Å². The minimum atomic E-state index is -1.10. The number of carbonyl (C=O) groups is 3. The molecule has 3 fully saturated rings. The summed E-state index contributed by atoms with van der Waals surface area (Å²) in [4.78, 5) is 41.9. The molecule has 3 amide bonds. The third-order valence-corrected chi connectivity index (χ3v) is 7.71. The van der Waals surface area contributed by atoms with E-state index in [1.165, 1.54) is 4.90 Å². The quantitative estimate of drug-likeness (QED) is 0.481. The highest BCUT2D eigenvalue weighted by Crippen LogP contribution is 2.58. The minimum absolute atomic E-state index is 0.0644. The molecule has 11 heteroatoms. The molecule has 3 N–H and O–H groups in total. The monoisotopic (exact) mass is 484 g/mol. The van der Waals surface area contributed by atoms with Crippen LogP contribution in [0.5, 0.6) is 0 Å². The predicted octanol–water partition coefficient (Wildman–Crippen LogP) is 0.0326. The molecular formula is C24H32N6O5. The number of ether oxygens (including phenoxy) is 1. The lowest BCUT2D eigenvalue weighted by Gasteiger charge is -2.37. The Morgan fingerprint density at radius 3 is 2.77 bits per heavy atom. The number of aliphatic hydroxyl groups is 1. The standard InChI is InChI=1S/C24H32N6O5/c1-13(2)10-14(11-31)30-20(22(33)26-12-29-16-7-5-4-6-15(16)27-28-29)24-9-8-17(35-24)18(21(32)25-3)19(24)23(30)34/h4-7,13-14,17-20,31H,8-12H2,1-3H3,(H,25,32)(H,26,33)/t14-,17+,18-,19+,20?,24?/m1/s1. The van der Waals surface area contributed by atoms with Gasteiger partial charge in [0.2, 0.25) is 17.7 Å². The number of carbonyl (C=O) groups excluding carboxylic acids is 3. The number of aromatic nitrogens is 3. The lowest BCUT2D eigenvalue weighted by Crippen LogP contribution is -2.58. The zero-order chi connectivity index (χ0) is 24.9. The smallest absolute Gasteiger partial charge is 0.247 e. The van der Waals surface area contributed by atoms with Crippen molar-refractivity contribution in [2.45, 2.75) is 63.6 Å². The Labute approximate surface area is 203 Å². The van der Waals surface area contributed by atoms with E-state index < -0.39 is 35.6 Å². The molecule has 188 valence electrons. The predicted molar refractivity (Wildman–Crippen MR) is 125 cm³/mol. The van der Waals surface area contributed by atoms with Crippen LogP contribution >= 0.6 is 0 Å². The Bertz CT molecular complexity index is 1150. The highest BCUT2D eigenvalue weighted by molar-refractivity contribution is 5.99. The van der Waals surface area contributed by atoms with Crippen LogP contribution < -0.4 is 10.6 Å². The van der Waals surface area contributed by atoms with Crippen LogP contribution in [-0.4, -0.2) is 80.2 Å². The highest BCUT2D eigenvalue weighted by Gasteiger charge is 2.74. The summed E-state index contributed by atoms with van der Waals surface area (Å²) in [6.45, 7) is 3.79. The molecule has 0 radical (unpaired) electrons. The lowest BCUT2D eigenvalue weighted by atomic mass is 9.70. The molecule has 11 nitrogen and oxygen atoms in total. The molecule has 6 atom stereocenters. The Morgan fingerprint density at radius 2 is 2.06 bits per heavy atom. The average Bonchev–Trinajstić information content (AvgIpc) is 3.59. The van der Waals surface area contributed by atoms with E-state index in [2.05, 4.69) is 20.9 Å². The van der Waals surface area contributed by atoms with Gasteiger partial charge < -0.3 is 25.4 Å². The number of nitrogens with one attached hydrogen (secondary N) is 2. The van der Waals surface area contributed by atoms with Gasteiger partial charge in [-0.3, -0.25) is 14.4 Å². The Hall–Kier alpha value is -3.05. The molecule has 2 bridgehead atoms. The van der Waals surface area contributed by atoms with E-state index in [9.17, 15) is 19.5 Å². The van der Waals surface area contributed by atoms with Gasteiger partial charge in [0, 0.05) is 7.05 Å². The summed E-state index contributed by atoms with van der Waals surface area (Å²) < 4.78 is 7.94. The van der Waals surface area contributed by atoms with Crippen LogP contribution in [0.4, 0.5) is 0 Å². The topological polar surface area (TPSA) is 139 Å². The first-order valence-corrected chi connectivity index (χ1v) is 12.2. The molecular weight excluding hydrogens is 452 g/mol. The van der Waals surface area contributed by atoms with Gasteiger partial charge in [0.15, 0.2) is 0 Å². The largest absolute Gasteiger partial charge is 0.394 e. The van der Waals surface area contributed by atoms with Crippen LogP contribution in [0.2, 0.25) is 0 Å². The molecule has 0 saturated carbocycles. The maximum atomic E-state index is 13.9. The van der Waals surface area contributed by atoms with Crippen molar-refractivity contribution in [1.82, 2.24) is 30.5 Å². The van der Waals surface area contributed by atoms with E-state index in [4.69, 9.17) is 4.74 Å². The van der Waals surface area contributed by atoms with Gasteiger partial charge in [-0.05, 0) is 37.3 Å². The highest BCUT2D eigenvalue weighted by atomic mass is 16.5. The first-order chi connectivity index (χ1) is 16.8. The lowest BCUT2D eigenvalue weighted by molar-refractivity contribution is -0.146. The Balaban J connectivity index is 1.48. The van der Waals surface area contributed by atoms with Gasteiger partial charge in [-0.25, -0.2) is 4.68 Å². The zero-order valence-corrected chi connectivity index (χ0v) is 20.2. The molecule has 1 spiro atoms. The summed E-state index contributed by atoms with van der Waals surface area (Å²) in [6.07, 6.45) is 1.22. The van der Waals surface area contributed by atoms with Crippen molar-refractivity contribution < 1.29 is 24.2 Å². The number of rotatable bonds is 8. The SMILES string of the molecule is CNC(=O)[C@@H]1[C@@H]2CCC3(O2)C(C(=O)NCn2nnc4ccccc42)N([C@@H](CO)CC(C)C)C(=O)[C@H]13. The van der Waals surface area contributed by atoms with Crippen molar-refractivity contribution in [3.63, 3.8) is 0 Å². The van der Waals surface area contributed by atoms with E-state index in [1.54, 1.807) is 11.7 Å². The number of fused-ring (bicyclic) bond motifs is 2. The van der Waals surface area contributed by atoms with Crippen LogP contribution in [-0.2, 0) is 25.8 Å². The van der Waals surface area contributed by atoms with E-state index in [-0.39, 0.29) is 36.9 Å². The number of aliphatic hydroxyl groups excluding tert-OH is 1. The van der Waals surface area contributed by atoms with E-state index in [0.29, 0.717) is 24.8 Å². The normalized spacial score (nSPS) is 30.2. The van der Waals surface area contributed by atoms with Crippen molar-refractivity contribution in [3.8, 4) is 0 Å². The maximum absolute atomic E-state index is 13.9. The van der Waals surface area contributed by atoms with E-state index in [0.717, 1.165) is 5.52 Å². The number of hydrogen-bond acceptors (Lipinski definition) is 7. The van der Waals surface area contributed by atoms with Crippen LogP contribution in [0.25, 0.3) is 11.0 Å². The van der Waals surface area contributed by atoms with Crippen LogP contribution in [0.3, 0.4) is 0 Å². The number of amides is 3. The summed E-state index contributed by atoms with van der Waals surface area (Å²) in [5.41, 5.74) is 0.383. The molecule has 2 aromatic rings. The third-order valence-electron chi connectivity index (χ3n) is 7.71. The number of benzene rings is 1. The van der Waals surface area contributed by atoms with Gasteiger partial charge in [-0.1, -0.05) is 31.2 Å². The second-order valence-corrected chi connectivity index (χ2v) is 10.2. The van der Waals surface area contributed by atoms with Crippen molar-refractivity contribution >= 4 is 28.8 Å². The average molecular weight is 485 g/mol. The van der Waals surface area contributed by atoms with E-state index >= 15 is 0 Å². The van der Waals surface area contributed by atoms with Gasteiger partial charge in [0.1, 0.15) is 23.8 Å². The summed E-state index contributed by atoms with van der Waals surface area (Å²) >= 11 is 0. The summed E-state index contributed by atoms with van der Waals surface area (Å²) in [5.74, 6) is -2.17. The van der Waals surface area contributed by atoms with Gasteiger partial charge in [-0.2, -0.15) is 0 Å². The second kappa shape index (κ2) is 8.87.